The standard InChI is InChI=1S/C23H24ClNO6/c1-25(20(27)14-31-22(29)15-8-7-11-18(30-2)21(15)28)23(13-6-5-12-19(23)26)16-9-3-4-10-17(16)24/h3-4,7-11,28H,5-6,12-14H2,1-2H3. The van der Waals surface area contributed by atoms with Gasteiger partial charge in [0.25, 0.3) is 5.91 Å². The van der Waals surface area contributed by atoms with Gasteiger partial charge in [0.05, 0.1) is 7.11 Å². The Morgan fingerprint density at radius 2 is 1.90 bits per heavy atom. The van der Waals surface area contributed by atoms with Crippen LogP contribution in [0, 0.1) is 0 Å². The first-order valence-electron chi connectivity index (χ1n) is 9.91. The van der Waals surface area contributed by atoms with Crippen molar-refractivity contribution in [3.8, 4) is 11.5 Å². The summed E-state index contributed by atoms with van der Waals surface area (Å²) in [6.07, 6.45) is 2.27. The molecule has 0 spiro atoms. The van der Waals surface area contributed by atoms with Crippen LogP contribution in [0.5, 0.6) is 11.5 Å². The van der Waals surface area contributed by atoms with Crippen molar-refractivity contribution >= 4 is 29.3 Å². The number of methoxy groups -OCH3 is 1. The Labute approximate surface area is 185 Å². The first kappa shape index (κ1) is 22.6. The molecule has 1 saturated carbocycles. The number of hydrogen-bond acceptors (Lipinski definition) is 6. The van der Waals surface area contributed by atoms with E-state index in [-0.39, 0.29) is 22.8 Å². The van der Waals surface area contributed by atoms with Crippen LogP contribution < -0.4 is 4.74 Å². The molecule has 0 aromatic heterocycles. The maximum absolute atomic E-state index is 13.1. The van der Waals surface area contributed by atoms with Gasteiger partial charge in [-0.2, -0.15) is 0 Å². The van der Waals surface area contributed by atoms with Gasteiger partial charge >= 0.3 is 5.97 Å². The van der Waals surface area contributed by atoms with Gasteiger partial charge in [0, 0.05) is 24.1 Å². The molecule has 2 aromatic rings. The van der Waals surface area contributed by atoms with Crippen LogP contribution >= 0.6 is 11.6 Å². The number of para-hydroxylation sites is 1. The third-order valence-electron chi connectivity index (χ3n) is 5.69. The number of phenolic OH excluding ortho intramolecular Hbond substituents is 1. The van der Waals surface area contributed by atoms with Crippen molar-refractivity contribution in [1.82, 2.24) is 4.90 Å². The lowest BCUT2D eigenvalue weighted by Gasteiger charge is -2.43. The number of rotatable bonds is 6. The molecule has 31 heavy (non-hydrogen) atoms. The lowest BCUT2D eigenvalue weighted by Crippen LogP contribution is -2.55. The maximum Gasteiger partial charge on any atom is 0.342 e. The van der Waals surface area contributed by atoms with Gasteiger partial charge in [0.2, 0.25) is 0 Å². The van der Waals surface area contributed by atoms with Crippen LogP contribution in [0.3, 0.4) is 0 Å². The van der Waals surface area contributed by atoms with E-state index in [9.17, 15) is 19.5 Å². The Hall–Kier alpha value is -3.06. The summed E-state index contributed by atoms with van der Waals surface area (Å²) in [5.41, 5.74) is -0.767. The van der Waals surface area contributed by atoms with Gasteiger partial charge < -0.3 is 19.5 Å². The van der Waals surface area contributed by atoms with E-state index in [0.29, 0.717) is 23.4 Å². The third kappa shape index (κ3) is 4.23. The minimum Gasteiger partial charge on any atom is -0.504 e. The van der Waals surface area contributed by atoms with E-state index < -0.39 is 24.0 Å². The Bertz CT molecular complexity index is 1010. The zero-order chi connectivity index (χ0) is 22.6. The largest absolute Gasteiger partial charge is 0.504 e. The van der Waals surface area contributed by atoms with Gasteiger partial charge in [0.1, 0.15) is 11.1 Å². The first-order chi connectivity index (χ1) is 14.8. The van der Waals surface area contributed by atoms with Crippen LogP contribution in [-0.2, 0) is 19.9 Å². The van der Waals surface area contributed by atoms with Gasteiger partial charge in [0.15, 0.2) is 23.9 Å². The van der Waals surface area contributed by atoms with Crippen molar-refractivity contribution in [1.29, 1.82) is 0 Å². The molecular formula is C23H24ClNO6. The molecule has 1 amide bonds. The number of nitrogens with zero attached hydrogens (tertiary/aromatic N) is 1. The van der Waals surface area contributed by atoms with E-state index in [1.807, 2.05) is 0 Å². The zero-order valence-electron chi connectivity index (χ0n) is 17.4. The summed E-state index contributed by atoms with van der Waals surface area (Å²) >= 11 is 6.40. The molecule has 1 aliphatic rings. The topological polar surface area (TPSA) is 93.1 Å². The second-order valence-electron chi connectivity index (χ2n) is 7.36. The fraction of sp³-hybridized carbons (Fsp3) is 0.348. The number of halogens is 1. The average Bonchev–Trinajstić information content (AvgIpc) is 2.78. The molecule has 1 fully saturated rings. The zero-order valence-corrected chi connectivity index (χ0v) is 18.1. The third-order valence-corrected chi connectivity index (χ3v) is 6.01. The molecule has 0 heterocycles. The molecule has 2 aromatic carbocycles. The van der Waals surface area contributed by atoms with E-state index in [0.717, 1.165) is 12.8 Å². The second-order valence-corrected chi connectivity index (χ2v) is 7.76. The number of hydrogen-bond donors (Lipinski definition) is 1. The van der Waals surface area contributed by atoms with Gasteiger partial charge in [-0.25, -0.2) is 4.79 Å². The average molecular weight is 446 g/mol. The van der Waals surface area contributed by atoms with Gasteiger partial charge in [-0.1, -0.05) is 35.9 Å². The molecule has 3 rings (SSSR count). The number of ketones is 1. The first-order valence-corrected chi connectivity index (χ1v) is 10.3. The summed E-state index contributed by atoms with van der Waals surface area (Å²) in [5, 5.41) is 10.5. The van der Waals surface area contributed by atoms with Crippen LogP contribution in [-0.4, -0.2) is 48.4 Å². The van der Waals surface area contributed by atoms with Crippen molar-refractivity contribution < 1.29 is 29.0 Å². The number of esters is 1. The molecule has 0 radical (unpaired) electrons. The molecule has 0 aliphatic heterocycles. The van der Waals surface area contributed by atoms with Crippen molar-refractivity contribution in [2.45, 2.75) is 31.2 Å². The van der Waals surface area contributed by atoms with Crippen molar-refractivity contribution in [2.75, 3.05) is 20.8 Å². The molecule has 0 saturated heterocycles. The lowest BCUT2D eigenvalue weighted by atomic mass is 9.74. The highest BCUT2D eigenvalue weighted by Gasteiger charge is 2.48. The predicted octanol–water partition coefficient (Wildman–Crippen LogP) is 3.71. The number of carbonyl (C=O) groups is 3. The molecule has 0 bridgehead atoms. The minimum atomic E-state index is -1.21. The molecule has 1 aliphatic carbocycles. The second kappa shape index (κ2) is 9.39. The van der Waals surface area contributed by atoms with Crippen molar-refractivity contribution in [3.63, 3.8) is 0 Å². The van der Waals surface area contributed by atoms with Gasteiger partial charge in [-0.15, -0.1) is 0 Å². The summed E-state index contributed by atoms with van der Waals surface area (Å²) in [7, 11) is 2.88. The minimum absolute atomic E-state index is 0.0977. The van der Waals surface area contributed by atoms with Crippen molar-refractivity contribution in [3.05, 3.63) is 58.6 Å². The molecule has 7 nitrogen and oxygen atoms in total. The number of carbonyl (C=O) groups excluding carboxylic acids is 3. The Morgan fingerprint density at radius 1 is 1.16 bits per heavy atom. The van der Waals surface area contributed by atoms with E-state index in [1.165, 1.54) is 37.3 Å². The molecule has 1 N–H and O–H groups in total. The Morgan fingerprint density at radius 3 is 2.58 bits per heavy atom. The number of phenols is 1. The van der Waals surface area contributed by atoms with Crippen LogP contribution in [0.1, 0.15) is 41.6 Å². The maximum atomic E-state index is 13.1. The summed E-state index contributed by atoms with van der Waals surface area (Å²) in [6.45, 7) is -0.592. The van der Waals surface area contributed by atoms with Gasteiger partial charge in [-0.05, 0) is 37.5 Å². The smallest absolute Gasteiger partial charge is 0.342 e. The highest BCUT2D eigenvalue weighted by molar-refractivity contribution is 6.31. The molecule has 1 unspecified atom stereocenters. The summed E-state index contributed by atoms with van der Waals surface area (Å²) in [5.74, 6) is -1.78. The number of aromatic hydroxyl groups is 1. The molecule has 1 atom stereocenters. The number of benzene rings is 2. The van der Waals surface area contributed by atoms with Gasteiger partial charge in [-0.3, -0.25) is 9.59 Å². The quantitative estimate of drug-likeness (QED) is 0.681. The normalized spacial score (nSPS) is 18.4. The van der Waals surface area contributed by atoms with E-state index in [2.05, 4.69) is 0 Å². The Balaban J connectivity index is 1.82. The highest BCUT2D eigenvalue weighted by Crippen LogP contribution is 2.42. The highest BCUT2D eigenvalue weighted by atomic mass is 35.5. The van der Waals surface area contributed by atoms with E-state index >= 15 is 0 Å². The Kier molecular flexibility index (Phi) is 6.85. The van der Waals surface area contributed by atoms with Crippen LogP contribution in [0.25, 0.3) is 0 Å². The molecular weight excluding hydrogens is 422 g/mol. The number of likely N-dealkylation sites (N-methyl/N-ethyl adjacent to an activating group) is 1. The lowest BCUT2D eigenvalue weighted by molar-refractivity contribution is -0.150. The van der Waals surface area contributed by atoms with Crippen LogP contribution in [0.2, 0.25) is 5.02 Å². The molecule has 164 valence electrons. The van der Waals surface area contributed by atoms with E-state index in [1.54, 1.807) is 24.3 Å². The number of Topliss-reactive ketones (excluding diaryl/α,β-unsaturated/α-hetero) is 1. The van der Waals surface area contributed by atoms with E-state index in [4.69, 9.17) is 21.1 Å². The summed E-state index contributed by atoms with van der Waals surface area (Å²) in [6, 6.07) is 11.3. The van der Waals surface area contributed by atoms with Crippen molar-refractivity contribution in [2.24, 2.45) is 0 Å². The SMILES string of the molecule is COc1cccc(C(=O)OCC(=O)N(C)C2(c3ccccc3Cl)CCCCC2=O)c1O. The fourth-order valence-electron chi connectivity index (χ4n) is 4.00. The summed E-state index contributed by atoms with van der Waals surface area (Å²) < 4.78 is 10.1. The predicted molar refractivity (Wildman–Crippen MR) is 114 cm³/mol. The number of ether oxygens (including phenoxy) is 2. The van der Waals surface area contributed by atoms with Crippen LogP contribution in [0.15, 0.2) is 42.5 Å². The number of amides is 1. The van der Waals surface area contributed by atoms with Crippen LogP contribution in [0.4, 0.5) is 0 Å². The molecule has 8 heteroatoms. The summed E-state index contributed by atoms with van der Waals surface area (Å²) in [4.78, 5) is 39.8. The monoisotopic (exact) mass is 445 g/mol. The fourth-order valence-corrected chi connectivity index (χ4v) is 4.29.